The second-order valence-electron chi connectivity index (χ2n) is 5.88. The zero-order valence-corrected chi connectivity index (χ0v) is 17.3. The van der Waals surface area contributed by atoms with Crippen LogP contribution < -0.4 is 10.6 Å². The van der Waals surface area contributed by atoms with E-state index in [1.54, 1.807) is 11.3 Å². The summed E-state index contributed by atoms with van der Waals surface area (Å²) in [6.45, 7) is 5.84. The van der Waals surface area contributed by atoms with Crippen LogP contribution in [0.2, 0.25) is 0 Å². The van der Waals surface area contributed by atoms with Crippen molar-refractivity contribution >= 4 is 41.3 Å². The summed E-state index contributed by atoms with van der Waals surface area (Å²) in [5.74, 6) is 1.53. The van der Waals surface area contributed by atoms with Crippen molar-refractivity contribution in [2.45, 2.75) is 38.6 Å². The molecule has 0 aliphatic heterocycles. The monoisotopic (exact) mass is 456 g/mol. The first kappa shape index (κ1) is 19.2. The smallest absolute Gasteiger partial charge is 0.191 e. The molecule has 0 bridgehead atoms. The van der Waals surface area contributed by atoms with E-state index >= 15 is 0 Å². The lowest BCUT2D eigenvalue weighted by atomic mass is 10.1. The number of aliphatic imine (C=N–C) groups is 1. The average Bonchev–Trinajstić information content (AvgIpc) is 3.21. The van der Waals surface area contributed by atoms with Crippen LogP contribution in [0.1, 0.15) is 34.7 Å². The first-order valence-corrected chi connectivity index (χ1v) is 9.09. The van der Waals surface area contributed by atoms with E-state index in [9.17, 15) is 0 Å². The molecule has 2 atom stereocenters. The van der Waals surface area contributed by atoms with E-state index in [-0.39, 0.29) is 24.0 Å². The van der Waals surface area contributed by atoms with Gasteiger partial charge in [0.25, 0.3) is 0 Å². The van der Waals surface area contributed by atoms with Crippen molar-refractivity contribution in [2.75, 3.05) is 13.1 Å². The van der Waals surface area contributed by atoms with Crippen LogP contribution in [0.3, 0.4) is 0 Å². The van der Waals surface area contributed by atoms with Gasteiger partial charge in [0.2, 0.25) is 0 Å². The fourth-order valence-corrected chi connectivity index (χ4v) is 3.47. The lowest BCUT2D eigenvalue weighted by molar-refractivity contribution is 0.791. The van der Waals surface area contributed by atoms with Gasteiger partial charge in [0.15, 0.2) is 5.96 Å². The topological polar surface area (TPSA) is 49.3 Å². The van der Waals surface area contributed by atoms with Crippen LogP contribution in [0.5, 0.6) is 0 Å². The Morgan fingerprint density at radius 2 is 2.12 bits per heavy atom. The fraction of sp³-hybridized carbons (Fsp3) is 0.444. The zero-order valence-electron chi connectivity index (χ0n) is 14.2. The highest BCUT2D eigenvalue weighted by molar-refractivity contribution is 14.0. The molecule has 1 aromatic carbocycles. The number of aromatic nitrogens is 1. The van der Waals surface area contributed by atoms with Gasteiger partial charge in [-0.3, -0.25) is 4.99 Å². The molecule has 24 heavy (non-hydrogen) atoms. The van der Waals surface area contributed by atoms with Crippen LogP contribution >= 0.6 is 35.3 Å². The zero-order chi connectivity index (χ0) is 16.1. The van der Waals surface area contributed by atoms with Crippen LogP contribution in [0, 0.1) is 6.92 Å². The third-order valence-corrected chi connectivity index (χ3v) is 4.92. The molecular weight excluding hydrogens is 431 g/mol. The number of hydrogen-bond acceptors (Lipinski definition) is 3. The third kappa shape index (κ3) is 5.44. The lowest BCUT2D eigenvalue weighted by Gasteiger charge is -2.11. The Hall–Kier alpha value is -1.15. The number of aryl methyl sites for hydroxylation is 1. The number of nitrogens with one attached hydrogen (secondary N) is 2. The minimum Gasteiger partial charge on any atom is -0.357 e. The molecule has 2 aromatic rings. The fourth-order valence-electron chi connectivity index (χ4n) is 2.70. The molecule has 0 spiro atoms. The molecule has 1 heterocycles. The Balaban J connectivity index is 0.00000208. The van der Waals surface area contributed by atoms with Crippen LogP contribution in [-0.4, -0.2) is 30.1 Å². The number of halogens is 1. The molecule has 1 aliphatic rings. The van der Waals surface area contributed by atoms with Crippen molar-refractivity contribution < 1.29 is 0 Å². The summed E-state index contributed by atoms with van der Waals surface area (Å²) in [6.07, 6.45) is 4.02. The third-order valence-electron chi connectivity index (χ3n) is 3.95. The highest BCUT2D eigenvalue weighted by Gasteiger charge is 2.38. The van der Waals surface area contributed by atoms with Crippen LogP contribution in [-0.2, 0) is 6.42 Å². The molecule has 1 aromatic heterocycles. The summed E-state index contributed by atoms with van der Waals surface area (Å²) in [5.41, 5.74) is 1.42. The quantitative estimate of drug-likeness (QED) is 0.396. The predicted octanol–water partition coefficient (Wildman–Crippen LogP) is 3.72. The van der Waals surface area contributed by atoms with Gasteiger partial charge in [-0.05, 0) is 25.8 Å². The van der Waals surface area contributed by atoms with Gasteiger partial charge < -0.3 is 10.6 Å². The summed E-state index contributed by atoms with van der Waals surface area (Å²) >= 11 is 1.76. The molecule has 1 fully saturated rings. The second kappa shape index (κ2) is 9.36. The largest absolute Gasteiger partial charge is 0.357 e. The van der Waals surface area contributed by atoms with E-state index in [0.29, 0.717) is 12.0 Å². The van der Waals surface area contributed by atoms with E-state index in [1.807, 2.05) is 6.20 Å². The summed E-state index contributed by atoms with van der Waals surface area (Å²) in [5, 5.41) is 8.06. The maximum Gasteiger partial charge on any atom is 0.191 e. The Morgan fingerprint density at radius 3 is 2.79 bits per heavy atom. The normalized spacial score (nSPS) is 19.5. The average molecular weight is 456 g/mol. The molecule has 0 radical (unpaired) electrons. The molecule has 6 heteroatoms. The Kier molecular flexibility index (Phi) is 7.48. The lowest BCUT2D eigenvalue weighted by Crippen LogP contribution is -2.39. The molecule has 1 aliphatic carbocycles. The van der Waals surface area contributed by atoms with E-state index in [2.05, 4.69) is 64.8 Å². The molecule has 130 valence electrons. The number of benzene rings is 1. The number of rotatable bonds is 6. The molecule has 1 saturated carbocycles. The summed E-state index contributed by atoms with van der Waals surface area (Å²) in [4.78, 5) is 10.3. The summed E-state index contributed by atoms with van der Waals surface area (Å²) in [7, 11) is 0. The molecule has 3 rings (SSSR count). The van der Waals surface area contributed by atoms with Crippen molar-refractivity contribution in [1.29, 1.82) is 0 Å². The van der Waals surface area contributed by atoms with E-state index in [0.717, 1.165) is 30.5 Å². The first-order valence-electron chi connectivity index (χ1n) is 8.27. The van der Waals surface area contributed by atoms with Crippen LogP contribution in [0.15, 0.2) is 41.5 Å². The highest BCUT2D eigenvalue weighted by atomic mass is 127. The minimum atomic E-state index is 0. The van der Waals surface area contributed by atoms with Gasteiger partial charge >= 0.3 is 0 Å². The molecule has 0 amide bonds. The maximum absolute atomic E-state index is 4.69. The van der Waals surface area contributed by atoms with Crippen LogP contribution in [0.25, 0.3) is 0 Å². The summed E-state index contributed by atoms with van der Waals surface area (Å²) < 4.78 is 0. The minimum absolute atomic E-state index is 0. The van der Waals surface area contributed by atoms with Crippen LogP contribution in [0.4, 0.5) is 0 Å². The maximum atomic E-state index is 4.69. The van der Waals surface area contributed by atoms with Crippen molar-refractivity contribution in [1.82, 2.24) is 15.6 Å². The van der Waals surface area contributed by atoms with Crippen molar-refractivity contribution in [2.24, 2.45) is 4.99 Å². The molecule has 2 N–H and O–H groups in total. The number of guanidine groups is 1. The van der Waals surface area contributed by atoms with Gasteiger partial charge in [-0.25, -0.2) is 4.98 Å². The van der Waals surface area contributed by atoms with Gasteiger partial charge in [-0.1, -0.05) is 30.3 Å². The van der Waals surface area contributed by atoms with Crippen molar-refractivity contribution in [3.05, 3.63) is 52.0 Å². The van der Waals surface area contributed by atoms with E-state index in [4.69, 9.17) is 0 Å². The molecule has 2 unspecified atom stereocenters. The highest BCUT2D eigenvalue weighted by Crippen LogP contribution is 2.40. The first-order chi connectivity index (χ1) is 11.3. The summed E-state index contributed by atoms with van der Waals surface area (Å²) in [6, 6.07) is 11.2. The van der Waals surface area contributed by atoms with Crippen molar-refractivity contribution in [3.63, 3.8) is 0 Å². The molecule has 4 nitrogen and oxygen atoms in total. The van der Waals surface area contributed by atoms with E-state index in [1.165, 1.54) is 16.9 Å². The second-order valence-corrected chi connectivity index (χ2v) is 7.20. The SMILES string of the molecule is CCNC(=NCCc1ncc(C)s1)NC1CC1c1ccccc1.I. The predicted molar refractivity (Wildman–Crippen MR) is 113 cm³/mol. The number of nitrogens with zero attached hydrogens (tertiary/aromatic N) is 2. The van der Waals surface area contributed by atoms with Gasteiger partial charge in [-0.2, -0.15) is 0 Å². The van der Waals surface area contributed by atoms with Gasteiger partial charge in [0.1, 0.15) is 0 Å². The van der Waals surface area contributed by atoms with Gasteiger partial charge in [0.05, 0.1) is 5.01 Å². The van der Waals surface area contributed by atoms with Gasteiger partial charge in [0, 0.05) is 42.5 Å². The number of hydrogen-bond donors (Lipinski definition) is 2. The molecular formula is C18H25IN4S. The Labute approximate surface area is 165 Å². The Bertz CT molecular complexity index is 656. The Morgan fingerprint density at radius 1 is 1.33 bits per heavy atom. The van der Waals surface area contributed by atoms with E-state index < -0.39 is 0 Å². The van der Waals surface area contributed by atoms with Crippen molar-refractivity contribution in [3.8, 4) is 0 Å². The molecule has 0 saturated heterocycles. The van der Waals surface area contributed by atoms with Gasteiger partial charge in [-0.15, -0.1) is 35.3 Å². The number of thiazole rings is 1. The standard InChI is InChI=1S/C18H24N4S.HI/c1-3-19-18(20-10-9-17-21-12-13(2)23-17)22-16-11-15(16)14-7-5-4-6-8-14;/h4-8,12,15-16H,3,9-11H2,1-2H3,(H2,19,20,22);1H.